The normalized spacial score (nSPS) is 13.2. The van der Waals surface area contributed by atoms with Crippen molar-refractivity contribution in [2.75, 3.05) is 13.7 Å². The number of rotatable bonds is 8. The number of carbonyl (C=O) groups is 1. The summed E-state index contributed by atoms with van der Waals surface area (Å²) in [5.41, 5.74) is 6.54. The highest BCUT2D eigenvalue weighted by Gasteiger charge is 2.14. The van der Waals surface area contributed by atoms with Gasteiger partial charge in [0.05, 0.1) is 24.7 Å². The lowest BCUT2D eigenvalue weighted by atomic mass is 10.1. The molecule has 6 heteroatoms. The third kappa shape index (κ3) is 7.11. The lowest BCUT2D eigenvalue weighted by Gasteiger charge is -2.18. The second-order valence-electron chi connectivity index (χ2n) is 5.32. The van der Waals surface area contributed by atoms with E-state index in [1.165, 1.54) is 0 Å². The molecule has 0 heterocycles. The van der Waals surface area contributed by atoms with Gasteiger partial charge in [-0.2, -0.15) is 0 Å². The van der Waals surface area contributed by atoms with Crippen LogP contribution < -0.4 is 15.8 Å². The number of nitrogens with two attached hydrogens (primary N) is 1. The van der Waals surface area contributed by atoms with Gasteiger partial charge < -0.3 is 20.5 Å². The molecule has 0 radical (unpaired) electrons. The topological polar surface area (TPSA) is 73.6 Å². The molecule has 0 bridgehead atoms. The van der Waals surface area contributed by atoms with Crippen LogP contribution >= 0.6 is 12.4 Å². The summed E-state index contributed by atoms with van der Waals surface area (Å²) in [7, 11) is 1.56. The lowest BCUT2D eigenvalue weighted by Crippen LogP contribution is -2.33. The molecule has 1 aromatic rings. The molecule has 0 saturated heterocycles. The highest BCUT2D eigenvalue weighted by Crippen LogP contribution is 2.18. The molecule has 0 spiro atoms. The van der Waals surface area contributed by atoms with Crippen LogP contribution in [0, 0.1) is 0 Å². The average molecular weight is 331 g/mol. The van der Waals surface area contributed by atoms with Gasteiger partial charge in [0.15, 0.2) is 0 Å². The molecular formula is C16H27ClN2O3. The van der Waals surface area contributed by atoms with E-state index in [-0.39, 0.29) is 43.0 Å². The first-order valence-corrected chi connectivity index (χ1v) is 7.25. The minimum atomic E-state index is -0.237. The summed E-state index contributed by atoms with van der Waals surface area (Å²) in [6.45, 7) is 6.25. The van der Waals surface area contributed by atoms with Crippen molar-refractivity contribution in [3.05, 3.63) is 29.8 Å². The standard InChI is InChI=1S/C16H26N2O3.ClH/c1-11(2)21-14-7-5-13(6-8-14)12(3)18-16(19)9-15(10-17)20-4;/h5-8,11-12,15H,9-10,17H2,1-4H3,(H,18,19);1H. The number of benzene rings is 1. The van der Waals surface area contributed by atoms with Crippen molar-refractivity contribution in [2.45, 2.75) is 45.4 Å². The van der Waals surface area contributed by atoms with Crippen LogP contribution in [0.15, 0.2) is 24.3 Å². The predicted molar refractivity (Wildman–Crippen MR) is 90.5 cm³/mol. The maximum absolute atomic E-state index is 11.9. The predicted octanol–water partition coefficient (Wildman–Crippen LogP) is 2.44. The average Bonchev–Trinajstić information content (AvgIpc) is 2.44. The van der Waals surface area contributed by atoms with E-state index in [1.54, 1.807) is 7.11 Å². The van der Waals surface area contributed by atoms with Crippen molar-refractivity contribution in [3.63, 3.8) is 0 Å². The summed E-state index contributed by atoms with van der Waals surface area (Å²) < 4.78 is 10.7. The molecule has 22 heavy (non-hydrogen) atoms. The van der Waals surface area contributed by atoms with Gasteiger partial charge in [-0.1, -0.05) is 12.1 Å². The van der Waals surface area contributed by atoms with Gasteiger partial charge in [-0.3, -0.25) is 4.79 Å². The minimum Gasteiger partial charge on any atom is -0.491 e. The number of nitrogens with one attached hydrogen (secondary N) is 1. The van der Waals surface area contributed by atoms with E-state index in [1.807, 2.05) is 45.0 Å². The van der Waals surface area contributed by atoms with Gasteiger partial charge in [0, 0.05) is 13.7 Å². The van der Waals surface area contributed by atoms with Gasteiger partial charge in [0.25, 0.3) is 0 Å². The molecule has 0 fully saturated rings. The van der Waals surface area contributed by atoms with Crippen molar-refractivity contribution in [2.24, 2.45) is 5.73 Å². The SMILES string of the molecule is COC(CN)CC(=O)NC(C)c1ccc(OC(C)C)cc1.Cl. The molecular weight excluding hydrogens is 304 g/mol. The van der Waals surface area contributed by atoms with Gasteiger partial charge in [-0.25, -0.2) is 0 Å². The van der Waals surface area contributed by atoms with Crippen molar-refractivity contribution in [3.8, 4) is 5.75 Å². The Hall–Kier alpha value is -1.30. The fourth-order valence-corrected chi connectivity index (χ4v) is 1.96. The number of amides is 1. The van der Waals surface area contributed by atoms with Crippen molar-refractivity contribution in [1.82, 2.24) is 5.32 Å². The Morgan fingerprint density at radius 1 is 1.23 bits per heavy atom. The summed E-state index contributed by atoms with van der Waals surface area (Å²) in [6, 6.07) is 7.67. The second kappa shape index (κ2) is 10.4. The first-order chi connectivity index (χ1) is 9.96. The van der Waals surface area contributed by atoms with Crippen LogP contribution in [0.2, 0.25) is 0 Å². The number of halogens is 1. The third-order valence-corrected chi connectivity index (χ3v) is 3.14. The number of carbonyl (C=O) groups excluding carboxylic acids is 1. The molecule has 1 amide bonds. The molecule has 0 aromatic heterocycles. The van der Waals surface area contributed by atoms with Gasteiger partial charge >= 0.3 is 0 Å². The molecule has 2 atom stereocenters. The van der Waals surface area contributed by atoms with Gasteiger partial charge in [0.1, 0.15) is 5.75 Å². The summed E-state index contributed by atoms with van der Waals surface area (Å²) in [6.07, 6.45) is 0.181. The van der Waals surface area contributed by atoms with Crippen LogP contribution in [0.3, 0.4) is 0 Å². The second-order valence-corrected chi connectivity index (χ2v) is 5.32. The molecule has 0 aliphatic rings. The Morgan fingerprint density at radius 3 is 2.27 bits per heavy atom. The van der Waals surface area contributed by atoms with Crippen molar-refractivity contribution in [1.29, 1.82) is 0 Å². The van der Waals surface area contributed by atoms with E-state index in [0.29, 0.717) is 6.54 Å². The smallest absolute Gasteiger partial charge is 0.223 e. The monoisotopic (exact) mass is 330 g/mol. The number of hydrogen-bond acceptors (Lipinski definition) is 4. The minimum absolute atomic E-state index is 0. The van der Waals surface area contributed by atoms with Gasteiger partial charge in [-0.15, -0.1) is 12.4 Å². The maximum Gasteiger partial charge on any atom is 0.223 e. The summed E-state index contributed by atoms with van der Waals surface area (Å²) in [5.74, 6) is 0.761. The largest absolute Gasteiger partial charge is 0.491 e. The molecule has 5 nitrogen and oxygen atoms in total. The molecule has 0 saturated carbocycles. The van der Waals surface area contributed by atoms with E-state index >= 15 is 0 Å². The van der Waals surface area contributed by atoms with Crippen LogP contribution in [-0.4, -0.2) is 31.8 Å². The quantitative estimate of drug-likeness (QED) is 0.767. The molecule has 3 N–H and O–H groups in total. The molecule has 126 valence electrons. The Morgan fingerprint density at radius 2 is 1.82 bits per heavy atom. The molecule has 0 aliphatic heterocycles. The Kier molecular flexibility index (Phi) is 9.81. The van der Waals surface area contributed by atoms with E-state index in [9.17, 15) is 4.79 Å². The van der Waals surface area contributed by atoms with Crippen LogP contribution in [0.4, 0.5) is 0 Å². The van der Waals surface area contributed by atoms with Gasteiger partial charge in [-0.05, 0) is 38.5 Å². The molecule has 0 aliphatic carbocycles. The number of ether oxygens (including phenoxy) is 2. The highest BCUT2D eigenvalue weighted by atomic mass is 35.5. The maximum atomic E-state index is 11.9. The first-order valence-electron chi connectivity index (χ1n) is 7.25. The van der Waals surface area contributed by atoms with Crippen LogP contribution in [0.5, 0.6) is 5.75 Å². The zero-order valence-corrected chi connectivity index (χ0v) is 14.5. The Balaban J connectivity index is 0.00000441. The molecule has 1 rings (SSSR count). The van der Waals surface area contributed by atoms with E-state index in [4.69, 9.17) is 15.2 Å². The highest BCUT2D eigenvalue weighted by molar-refractivity contribution is 5.85. The van der Waals surface area contributed by atoms with Crippen LogP contribution in [0.1, 0.15) is 38.8 Å². The Bertz CT molecular complexity index is 434. The van der Waals surface area contributed by atoms with Crippen molar-refractivity contribution >= 4 is 18.3 Å². The summed E-state index contributed by atoms with van der Waals surface area (Å²) in [5, 5.41) is 2.94. The Labute approximate surface area is 139 Å². The zero-order chi connectivity index (χ0) is 15.8. The molecule has 2 unspecified atom stereocenters. The molecule has 1 aromatic carbocycles. The van der Waals surface area contributed by atoms with E-state index in [2.05, 4.69) is 5.32 Å². The first kappa shape index (κ1) is 20.7. The zero-order valence-electron chi connectivity index (χ0n) is 13.7. The fourth-order valence-electron chi connectivity index (χ4n) is 1.96. The van der Waals surface area contributed by atoms with Crippen LogP contribution in [0.25, 0.3) is 0 Å². The summed E-state index contributed by atoms with van der Waals surface area (Å²) >= 11 is 0. The lowest BCUT2D eigenvalue weighted by molar-refractivity contribution is -0.124. The third-order valence-electron chi connectivity index (χ3n) is 3.14. The van der Waals surface area contributed by atoms with E-state index in [0.717, 1.165) is 11.3 Å². The number of hydrogen-bond donors (Lipinski definition) is 2. The van der Waals surface area contributed by atoms with Gasteiger partial charge in [0.2, 0.25) is 5.91 Å². The number of methoxy groups -OCH3 is 1. The van der Waals surface area contributed by atoms with Crippen molar-refractivity contribution < 1.29 is 14.3 Å². The summed E-state index contributed by atoms with van der Waals surface area (Å²) in [4.78, 5) is 11.9. The van der Waals surface area contributed by atoms with Crippen LogP contribution in [-0.2, 0) is 9.53 Å². The fraction of sp³-hybridized carbons (Fsp3) is 0.562. The van der Waals surface area contributed by atoms with E-state index < -0.39 is 0 Å².